The molecule has 0 amide bonds. The van der Waals surface area contributed by atoms with Gasteiger partial charge in [-0.1, -0.05) is 12.1 Å². The summed E-state index contributed by atoms with van der Waals surface area (Å²) in [4.78, 5) is 30.2. The molecule has 0 aliphatic rings. The Labute approximate surface area is 101 Å². The molecule has 0 spiro atoms. The molecule has 0 fully saturated rings. The molecule has 8 heteroatoms. The molecule has 0 bridgehead atoms. The molecule has 0 aliphatic heterocycles. The lowest BCUT2D eigenvalue weighted by atomic mass is 9.98. The van der Waals surface area contributed by atoms with E-state index in [4.69, 9.17) is 5.11 Å². The second-order valence-corrected chi connectivity index (χ2v) is 3.65. The van der Waals surface area contributed by atoms with Crippen LogP contribution in [0, 0.1) is 20.2 Å². The van der Waals surface area contributed by atoms with Crippen molar-refractivity contribution in [1.82, 2.24) is 0 Å². The van der Waals surface area contributed by atoms with Gasteiger partial charge in [-0.25, -0.2) is 4.79 Å². The molecule has 0 unspecified atom stereocenters. The third kappa shape index (κ3) is 3.81. The van der Waals surface area contributed by atoms with Crippen LogP contribution in [0.2, 0.25) is 0 Å². The maximum absolute atomic E-state index is 10.6. The van der Waals surface area contributed by atoms with E-state index >= 15 is 0 Å². The molecule has 8 nitrogen and oxygen atoms in total. The summed E-state index contributed by atoms with van der Waals surface area (Å²) in [6, 6.07) is 5.26. The summed E-state index contributed by atoms with van der Waals surface area (Å²) in [6.07, 6.45) is 0. The van der Waals surface area contributed by atoms with Crippen molar-refractivity contribution in [1.29, 1.82) is 0 Å². The topological polar surface area (TPSA) is 124 Å². The average Bonchev–Trinajstić information content (AvgIpc) is 2.27. The number of carbonyl (C=O) groups is 1. The van der Waals surface area contributed by atoms with Crippen molar-refractivity contribution in [3.8, 4) is 0 Å². The van der Waals surface area contributed by atoms with Crippen LogP contribution in [0.25, 0.3) is 0 Å². The molecule has 0 atom stereocenters. The molecular formula is C10H10N2O6. The molecule has 1 rings (SSSR count). The van der Waals surface area contributed by atoms with Crippen LogP contribution < -0.4 is 0 Å². The molecule has 0 saturated carbocycles. The maximum Gasteiger partial charge on any atom is 0.335 e. The van der Waals surface area contributed by atoms with Gasteiger partial charge in [0.2, 0.25) is 13.1 Å². The highest BCUT2D eigenvalue weighted by Crippen LogP contribution is 2.17. The fourth-order valence-corrected chi connectivity index (χ4v) is 1.53. The Kier molecular flexibility index (Phi) is 4.30. The van der Waals surface area contributed by atoms with Crippen LogP contribution in [0.15, 0.2) is 24.3 Å². The summed E-state index contributed by atoms with van der Waals surface area (Å²) in [5, 5.41) is 29.5. The predicted octanol–water partition coefficient (Wildman–Crippen LogP) is 1.02. The summed E-state index contributed by atoms with van der Waals surface area (Å²) < 4.78 is 0. The molecule has 18 heavy (non-hydrogen) atoms. The minimum atomic E-state index is -1.12. The molecule has 96 valence electrons. The Balaban J connectivity index is 2.93. The first-order chi connectivity index (χ1) is 8.40. The van der Waals surface area contributed by atoms with Gasteiger partial charge in [-0.05, 0) is 17.7 Å². The SMILES string of the molecule is O=C(O)c1ccc(C(C[N+](=O)[O-])C[N+](=O)[O-])cc1. The van der Waals surface area contributed by atoms with Crippen molar-refractivity contribution >= 4 is 5.97 Å². The van der Waals surface area contributed by atoms with Crippen LogP contribution in [0.4, 0.5) is 0 Å². The zero-order valence-electron chi connectivity index (χ0n) is 9.18. The van der Waals surface area contributed by atoms with Gasteiger partial charge in [-0.15, -0.1) is 0 Å². The van der Waals surface area contributed by atoms with Crippen LogP contribution >= 0.6 is 0 Å². The Morgan fingerprint density at radius 3 is 1.89 bits per heavy atom. The Morgan fingerprint density at radius 1 is 1.11 bits per heavy atom. The average molecular weight is 254 g/mol. The zero-order chi connectivity index (χ0) is 13.7. The molecule has 0 heterocycles. The van der Waals surface area contributed by atoms with Crippen molar-refractivity contribution < 1.29 is 19.7 Å². The molecular weight excluding hydrogens is 244 g/mol. The normalized spacial score (nSPS) is 10.3. The second kappa shape index (κ2) is 5.71. The van der Waals surface area contributed by atoms with E-state index in [0.29, 0.717) is 5.56 Å². The fourth-order valence-electron chi connectivity index (χ4n) is 1.53. The van der Waals surface area contributed by atoms with Gasteiger partial charge in [0.05, 0.1) is 5.56 Å². The number of hydrogen-bond acceptors (Lipinski definition) is 5. The molecule has 1 N–H and O–H groups in total. The molecule has 1 aromatic carbocycles. The molecule has 1 aromatic rings. The van der Waals surface area contributed by atoms with Crippen molar-refractivity contribution in [3.63, 3.8) is 0 Å². The summed E-state index contributed by atoms with van der Waals surface area (Å²) in [6.45, 7) is -1.12. The van der Waals surface area contributed by atoms with Crippen LogP contribution in [-0.4, -0.2) is 34.0 Å². The highest BCUT2D eigenvalue weighted by Gasteiger charge is 2.23. The quantitative estimate of drug-likeness (QED) is 0.597. The standard InChI is InChI=1S/C10H10N2O6/c13-10(14)8-3-1-7(2-4-8)9(5-11(15)16)6-12(17)18/h1-4,9H,5-6H2,(H,13,14). The van der Waals surface area contributed by atoms with Gasteiger partial charge < -0.3 is 5.11 Å². The van der Waals surface area contributed by atoms with Gasteiger partial charge in [0.1, 0.15) is 5.92 Å². The number of carboxylic acid groups (broad SMARTS) is 1. The lowest BCUT2D eigenvalue weighted by Gasteiger charge is -2.08. The van der Waals surface area contributed by atoms with Gasteiger partial charge in [-0.2, -0.15) is 0 Å². The minimum Gasteiger partial charge on any atom is -0.478 e. The van der Waals surface area contributed by atoms with Gasteiger partial charge in [0.25, 0.3) is 0 Å². The molecule has 0 aromatic heterocycles. The largest absolute Gasteiger partial charge is 0.478 e. The van der Waals surface area contributed by atoms with E-state index in [0.717, 1.165) is 0 Å². The fraction of sp³-hybridized carbons (Fsp3) is 0.300. The van der Waals surface area contributed by atoms with Crippen LogP contribution in [0.1, 0.15) is 21.8 Å². The van der Waals surface area contributed by atoms with Crippen molar-refractivity contribution in [2.24, 2.45) is 0 Å². The van der Waals surface area contributed by atoms with Crippen LogP contribution in [-0.2, 0) is 0 Å². The van der Waals surface area contributed by atoms with E-state index in [2.05, 4.69) is 0 Å². The number of rotatable bonds is 6. The number of benzene rings is 1. The van der Waals surface area contributed by atoms with Gasteiger partial charge in [0, 0.05) is 9.85 Å². The molecule has 0 aliphatic carbocycles. The smallest absolute Gasteiger partial charge is 0.335 e. The third-order valence-corrected chi connectivity index (χ3v) is 2.37. The van der Waals surface area contributed by atoms with Crippen molar-refractivity contribution in [2.75, 3.05) is 13.1 Å². The number of nitrogens with zero attached hydrogens (tertiary/aromatic N) is 2. The predicted molar refractivity (Wildman–Crippen MR) is 59.9 cm³/mol. The number of carboxylic acids is 1. The van der Waals surface area contributed by atoms with E-state index in [1.54, 1.807) is 0 Å². The number of nitro groups is 2. The summed E-state index contributed by atoms with van der Waals surface area (Å²) in [5.41, 5.74) is 0.410. The lowest BCUT2D eigenvalue weighted by Crippen LogP contribution is -2.20. The van der Waals surface area contributed by atoms with Gasteiger partial charge in [-0.3, -0.25) is 20.2 Å². The minimum absolute atomic E-state index is 0.0275. The first-order valence-corrected chi connectivity index (χ1v) is 4.97. The molecule has 0 saturated heterocycles. The van der Waals surface area contributed by atoms with E-state index in [1.807, 2.05) is 0 Å². The van der Waals surface area contributed by atoms with E-state index in [-0.39, 0.29) is 5.56 Å². The van der Waals surface area contributed by atoms with E-state index < -0.39 is 34.8 Å². The first-order valence-electron chi connectivity index (χ1n) is 4.97. The Hall–Kier alpha value is -2.51. The third-order valence-electron chi connectivity index (χ3n) is 2.37. The highest BCUT2D eigenvalue weighted by atomic mass is 16.6. The van der Waals surface area contributed by atoms with Crippen molar-refractivity contribution in [3.05, 3.63) is 55.6 Å². The zero-order valence-corrected chi connectivity index (χ0v) is 9.18. The van der Waals surface area contributed by atoms with Crippen LogP contribution in [0.3, 0.4) is 0 Å². The van der Waals surface area contributed by atoms with Crippen LogP contribution in [0.5, 0.6) is 0 Å². The number of hydrogen-bond donors (Lipinski definition) is 1. The van der Waals surface area contributed by atoms with E-state index in [1.165, 1.54) is 24.3 Å². The molecule has 0 radical (unpaired) electrons. The lowest BCUT2D eigenvalue weighted by molar-refractivity contribution is -0.516. The second-order valence-electron chi connectivity index (χ2n) is 3.65. The van der Waals surface area contributed by atoms with Gasteiger partial charge in [0.15, 0.2) is 0 Å². The van der Waals surface area contributed by atoms with Gasteiger partial charge >= 0.3 is 5.97 Å². The Bertz CT molecular complexity index is 454. The van der Waals surface area contributed by atoms with E-state index in [9.17, 15) is 25.0 Å². The Morgan fingerprint density at radius 2 is 1.56 bits per heavy atom. The maximum atomic E-state index is 10.6. The summed E-state index contributed by atoms with van der Waals surface area (Å²) >= 11 is 0. The van der Waals surface area contributed by atoms with Crippen molar-refractivity contribution in [2.45, 2.75) is 5.92 Å². The summed E-state index contributed by atoms with van der Waals surface area (Å²) in [7, 11) is 0. The monoisotopic (exact) mass is 254 g/mol. The summed E-state index contributed by atoms with van der Waals surface area (Å²) in [5.74, 6) is -1.99. The highest BCUT2D eigenvalue weighted by molar-refractivity contribution is 5.87. The first kappa shape index (κ1) is 13.6. The number of aromatic carboxylic acids is 1.